The quantitative estimate of drug-likeness (QED) is 0.727. The second-order valence-electron chi connectivity index (χ2n) is 3.90. The van der Waals surface area contributed by atoms with Gasteiger partial charge in [0, 0.05) is 18.5 Å². The molecule has 0 fully saturated rings. The number of aliphatic carboxylic acids is 1. The molecule has 1 atom stereocenters. The van der Waals surface area contributed by atoms with E-state index in [4.69, 9.17) is 5.11 Å². The Morgan fingerprint density at radius 2 is 1.94 bits per heavy atom. The van der Waals surface area contributed by atoms with Gasteiger partial charge in [-0.25, -0.2) is 8.78 Å². The third kappa shape index (κ3) is 4.90. The van der Waals surface area contributed by atoms with Gasteiger partial charge in [-0.1, -0.05) is 0 Å². The van der Waals surface area contributed by atoms with Crippen LogP contribution in [-0.2, 0) is 16.0 Å². The minimum absolute atomic E-state index is 0.122. The zero-order chi connectivity index (χ0) is 13.5. The van der Waals surface area contributed by atoms with Crippen LogP contribution in [0.3, 0.4) is 0 Å². The number of hydrogen-bond acceptors (Lipinski definition) is 2. The summed E-state index contributed by atoms with van der Waals surface area (Å²) >= 11 is 0. The average Bonchev–Trinajstić information content (AvgIpc) is 2.24. The number of benzene rings is 1. The standard InChI is InChI=1S/C12H13F2NO3/c13-9-3-8(4-10(14)6-9)5-11(15-7-16)1-2-12(17)18/h3-4,6-7,11H,1-2,5H2,(H,15,16)(H,17,18). The molecule has 0 radical (unpaired) electrons. The van der Waals surface area contributed by atoms with Gasteiger partial charge in [-0.05, 0) is 30.5 Å². The lowest BCUT2D eigenvalue weighted by Gasteiger charge is -2.15. The van der Waals surface area contributed by atoms with Crippen LogP contribution in [0.4, 0.5) is 8.78 Å². The van der Waals surface area contributed by atoms with Crippen LogP contribution in [0.1, 0.15) is 18.4 Å². The maximum atomic E-state index is 13.0. The Hall–Kier alpha value is -1.98. The molecule has 98 valence electrons. The molecule has 0 saturated carbocycles. The van der Waals surface area contributed by atoms with E-state index in [1.54, 1.807) is 0 Å². The third-order valence-corrected chi connectivity index (χ3v) is 2.41. The lowest BCUT2D eigenvalue weighted by Crippen LogP contribution is -2.30. The first-order valence-electron chi connectivity index (χ1n) is 5.37. The topological polar surface area (TPSA) is 66.4 Å². The number of nitrogens with one attached hydrogen (secondary N) is 1. The van der Waals surface area contributed by atoms with E-state index >= 15 is 0 Å². The van der Waals surface area contributed by atoms with Gasteiger partial charge in [0.1, 0.15) is 11.6 Å². The van der Waals surface area contributed by atoms with E-state index < -0.39 is 23.6 Å². The van der Waals surface area contributed by atoms with Gasteiger partial charge in [0.05, 0.1) is 0 Å². The molecule has 1 unspecified atom stereocenters. The fraction of sp³-hybridized carbons (Fsp3) is 0.333. The first-order chi connectivity index (χ1) is 8.51. The van der Waals surface area contributed by atoms with Crippen molar-refractivity contribution >= 4 is 12.4 Å². The molecule has 1 amide bonds. The molecule has 1 aromatic rings. The molecular formula is C12H13F2NO3. The van der Waals surface area contributed by atoms with Gasteiger partial charge in [-0.15, -0.1) is 0 Å². The minimum Gasteiger partial charge on any atom is -0.481 e. The average molecular weight is 257 g/mol. The van der Waals surface area contributed by atoms with Crippen LogP contribution in [0.2, 0.25) is 0 Å². The molecule has 0 saturated heterocycles. The molecule has 0 spiro atoms. The fourth-order valence-corrected chi connectivity index (χ4v) is 1.65. The molecule has 6 heteroatoms. The summed E-state index contributed by atoms with van der Waals surface area (Å²) in [6.07, 6.45) is 0.707. The Bertz CT molecular complexity index is 417. The summed E-state index contributed by atoms with van der Waals surface area (Å²) in [5.74, 6) is -2.39. The highest BCUT2D eigenvalue weighted by molar-refractivity contribution is 5.66. The van der Waals surface area contributed by atoms with Crippen molar-refractivity contribution in [2.75, 3.05) is 0 Å². The van der Waals surface area contributed by atoms with Crippen LogP contribution in [0.5, 0.6) is 0 Å². The third-order valence-electron chi connectivity index (χ3n) is 2.41. The van der Waals surface area contributed by atoms with Gasteiger partial charge in [-0.2, -0.15) is 0 Å². The molecule has 2 N–H and O–H groups in total. The van der Waals surface area contributed by atoms with Crippen LogP contribution < -0.4 is 5.32 Å². The lowest BCUT2D eigenvalue weighted by molar-refractivity contribution is -0.137. The highest BCUT2D eigenvalue weighted by Crippen LogP contribution is 2.12. The van der Waals surface area contributed by atoms with Gasteiger partial charge < -0.3 is 10.4 Å². The van der Waals surface area contributed by atoms with Crippen LogP contribution in [0.15, 0.2) is 18.2 Å². The number of carbonyl (C=O) groups is 2. The number of carboxylic acid groups (broad SMARTS) is 1. The maximum absolute atomic E-state index is 13.0. The molecule has 18 heavy (non-hydrogen) atoms. The SMILES string of the molecule is O=CNC(CCC(=O)O)Cc1cc(F)cc(F)c1. The predicted molar refractivity (Wildman–Crippen MR) is 59.9 cm³/mol. The smallest absolute Gasteiger partial charge is 0.303 e. The summed E-state index contributed by atoms with van der Waals surface area (Å²) in [5.41, 5.74) is 0.372. The van der Waals surface area contributed by atoms with E-state index in [0.29, 0.717) is 12.0 Å². The molecule has 0 aliphatic heterocycles. The Labute approximate surface area is 103 Å². The van der Waals surface area contributed by atoms with Crippen molar-refractivity contribution in [3.8, 4) is 0 Å². The Kier molecular flexibility index (Phi) is 5.23. The Balaban J connectivity index is 2.69. The zero-order valence-electron chi connectivity index (χ0n) is 9.53. The van der Waals surface area contributed by atoms with Crippen LogP contribution in [0.25, 0.3) is 0 Å². The normalized spacial score (nSPS) is 11.9. The largest absolute Gasteiger partial charge is 0.481 e. The van der Waals surface area contributed by atoms with Crippen LogP contribution >= 0.6 is 0 Å². The number of carboxylic acids is 1. The highest BCUT2D eigenvalue weighted by Gasteiger charge is 2.12. The number of carbonyl (C=O) groups excluding carboxylic acids is 1. The zero-order valence-corrected chi connectivity index (χ0v) is 9.53. The highest BCUT2D eigenvalue weighted by atomic mass is 19.1. The molecule has 0 aromatic heterocycles. The van der Waals surface area contributed by atoms with Crippen molar-refractivity contribution in [3.63, 3.8) is 0 Å². The first kappa shape index (κ1) is 14.1. The van der Waals surface area contributed by atoms with Gasteiger partial charge in [0.2, 0.25) is 6.41 Å². The number of amides is 1. The summed E-state index contributed by atoms with van der Waals surface area (Å²) in [7, 11) is 0. The summed E-state index contributed by atoms with van der Waals surface area (Å²) in [5, 5.41) is 11.0. The van der Waals surface area contributed by atoms with Gasteiger partial charge in [0.25, 0.3) is 0 Å². The van der Waals surface area contributed by atoms with Gasteiger partial charge >= 0.3 is 5.97 Å². The number of hydrogen-bond donors (Lipinski definition) is 2. The Morgan fingerprint density at radius 1 is 1.33 bits per heavy atom. The summed E-state index contributed by atoms with van der Waals surface area (Å²) in [4.78, 5) is 20.8. The van der Waals surface area contributed by atoms with E-state index in [-0.39, 0.29) is 19.3 Å². The molecule has 1 rings (SSSR count). The predicted octanol–water partition coefficient (Wildman–Crippen LogP) is 1.49. The van der Waals surface area contributed by atoms with E-state index in [1.165, 1.54) is 0 Å². The molecule has 1 aromatic carbocycles. The number of halogens is 2. The lowest BCUT2D eigenvalue weighted by atomic mass is 10.0. The monoisotopic (exact) mass is 257 g/mol. The van der Waals surface area contributed by atoms with E-state index in [1.807, 2.05) is 0 Å². The van der Waals surface area contributed by atoms with E-state index in [2.05, 4.69) is 5.32 Å². The summed E-state index contributed by atoms with van der Waals surface area (Å²) in [6, 6.07) is 2.61. The minimum atomic E-state index is -0.988. The first-order valence-corrected chi connectivity index (χ1v) is 5.37. The van der Waals surface area contributed by atoms with Crippen molar-refractivity contribution in [3.05, 3.63) is 35.4 Å². The number of rotatable bonds is 7. The summed E-state index contributed by atoms with van der Waals surface area (Å²) < 4.78 is 25.9. The second kappa shape index (κ2) is 6.68. The van der Waals surface area contributed by atoms with E-state index in [0.717, 1.165) is 18.2 Å². The van der Waals surface area contributed by atoms with Gasteiger partial charge in [0.15, 0.2) is 0 Å². The summed E-state index contributed by atoms with van der Waals surface area (Å²) in [6.45, 7) is 0. The van der Waals surface area contributed by atoms with Crippen molar-refractivity contribution in [1.82, 2.24) is 5.32 Å². The van der Waals surface area contributed by atoms with Crippen molar-refractivity contribution in [2.45, 2.75) is 25.3 Å². The van der Waals surface area contributed by atoms with Gasteiger partial charge in [-0.3, -0.25) is 9.59 Å². The maximum Gasteiger partial charge on any atom is 0.303 e. The Morgan fingerprint density at radius 3 is 2.44 bits per heavy atom. The van der Waals surface area contributed by atoms with Crippen LogP contribution in [0, 0.1) is 11.6 Å². The van der Waals surface area contributed by atoms with Crippen LogP contribution in [-0.4, -0.2) is 23.5 Å². The second-order valence-corrected chi connectivity index (χ2v) is 3.90. The molecule has 0 aliphatic rings. The molecule has 4 nitrogen and oxygen atoms in total. The van der Waals surface area contributed by atoms with Crippen molar-refractivity contribution in [2.24, 2.45) is 0 Å². The van der Waals surface area contributed by atoms with Crippen molar-refractivity contribution < 1.29 is 23.5 Å². The molecule has 0 bridgehead atoms. The molecular weight excluding hydrogens is 244 g/mol. The fourth-order valence-electron chi connectivity index (χ4n) is 1.65. The van der Waals surface area contributed by atoms with E-state index in [9.17, 15) is 18.4 Å². The van der Waals surface area contributed by atoms with Crippen molar-refractivity contribution in [1.29, 1.82) is 0 Å². The molecule has 0 heterocycles. The molecule has 0 aliphatic carbocycles.